The Morgan fingerprint density at radius 1 is 1.03 bits per heavy atom. The molecule has 0 bridgehead atoms. The second kappa shape index (κ2) is 9.09. The summed E-state index contributed by atoms with van der Waals surface area (Å²) in [7, 11) is 0. The van der Waals surface area contributed by atoms with Crippen LogP contribution in [0.4, 0.5) is 4.39 Å². The Hall–Kier alpha value is -2.62. The molecule has 168 valence electrons. The highest BCUT2D eigenvalue weighted by molar-refractivity contribution is 7.17. The van der Waals surface area contributed by atoms with E-state index in [1.165, 1.54) is 23.5 Å². The summed E-state index contributed by atoms with van der Waals surface area (Å²) in [4.78, 5) is 40.0. The predicted molar refractivity (Wildman–Crippen MR) is 123 cm³/mol. The first-order chi connectivity index (χ1) is 15.6. The Bertz CT molecular complexity index is 1160. The van der Waals surface area contributed by atoms with Crippen LogP contribution in [0.3, 0.4) is 0 Å². The Morgan fingerprint density at radius 2 is 1.72 bits per heavy atom. The summed E-state index contributed by atoms with van der Waals surface area (Å²) in [6.07, 6.45) is 2.23. The van der Waals surface area contributed by atoms with E-state index in [9.17, 15) is 14.0 Å². The van der Waals surface area contributed by atoms with E-state index in [2.05, 4.69) is 19.8 Å². The molecule has 1 N–H and O–H groups in total. The zero-order valence-corrected chi connectivity index (χ0v) is 18.7. The normalized spacial score (nSPS) is 18.0. The molecular weight excluding hydrogens is 429 g/mol. The largest absolute Gasteiger partial charge is 0.342 e. The number of benzene rings is 1. The first-order valence-electron chi connectivity index (χ1n) is 11.1. The van der Waals surface area contributed by atoms with Gasteiger partial charge in [0.15, 0.2) is 0 Å². The maximum atomic E-state index is 13.2. The summed E-state index contributed by atoms with van der Waals surface area (Å²) in [5, 5.41) is 2.45. The van der Waals surface area contributed by atoms with Crippen molar-refractivity contribution in [2.24, 2.45) is 0 Å². The van der Waals surface area contributed by atoms with Crippen LogP contribution in [0.5, 0.6) is 0 Å². The number of carbonyl (C=O) groups is 1. The number of carbonyl (C=O) groups excluding carboxylic acids is 1. The fourth-order valence-corrected chi connectivity index (χ4v) is 5.45. The highest BCUT2D eigenvalue weighted by Crippen LogP contribution is 2.30. The summed E-state index contributed by atoms with van der Waals surface area (Å²) < 4.78 is 13.2. The summed E-state index contributed by atoms with van der Waals surface area (Å²) in [6.45, 7) is 6.19. The molecule has 4 heterocycles. The molecule has 2 saturated heterocycles. The molecule has 9 heteroatoms. The molecule has 2 fully saturated rings. The number of hydrogen-bond acceptors (Lipinski definition) is 6. The van der Waals surface area contributed by atoms with Crippen molar-refractivity contribution in [1.29, 1.82) is 0 Å². The molecule has 0 saturated carbocycles. The van der Waals surface area contributed by atoms with Crippen molar-refractivity contribution in [3.05, 3.63) is 51.6 Å². The fraction of sp³-hybridized carbons (Fsp3) is 0.435. The summed E-state index contributed by atoms with van der Waals surface area (Å²) >= 11 is 1.43. The van der Waals surface area contributed by atoms with Gasteiger partial charge in [-0.25, -0.2) is 9.37 Å². The molecule has 0 radical (unpaired) electrons. The molecule has 0 spiro atoms. The molecule has 0 unspecified atom stereocenters. The second-order valence-corrected chi connectivity index (χ2v) is 9.35. The number of thiophene rings is 1. The minimum atomic E-state index is -0.303. The van der Waals surface area contributed by atoms with Crippen LogP contribution in [0.2, 0.25) is 0 Å². The van der Waals surface area contributed by atoms with Crippen LogP contribution in [0, 0.1) is 5.82 Å². The van der Waals surface area contributed by atoms with Gasteiger partial charge in [0.05, 0.1) is 18.5 Å². The van der Waals surface area contributed by atoms with Crippen molar-refractivity contribution in [3.63, 3.8) is 0 Å². The van der Waals surface area contributed by atoms with Gasteiger partial charge >= 0.3 is 0 Å². The number of nitrogens with zero attached hydrogens (tertiary/aromatic N) is 4. The van der Waals surface area contributed by atoms with Crippen LogP contribution in [0.1, 0.15) is 18.7 Å². The molecule has 0 aliphatic carbocycles. The topological polar surface area (TPSA) is 72.5 Å². The molecule has 1 amide bonds. The Balaban J connectivity index is 1.23. The quantitative estimate of drug-likeness (QED) is 0.640. The van der Waals surface area contributed by atoms with Gasteiger partial charge in [-0.2, -0.15) is 0 Å². The van der Waals surface area contributed by atoms with Gasteiger partial charge in [0.25, 0.3) is 5.56 Å². The molecule has 2 aliphatic heterocycles. The van der Waals surface area contributed by atoms with E-state index in [1.807, 2.05) is 10.3 Å². The number of likely N-dealkylation sites (tertiary alicyclic amines) is 1. The van der Waals surface area contributed by atoms with E-state index in [0.29, 0.717) is 29.1 Å². The molecule has 1 aromatic carbocycles. The third kappa shape index (κ3) is 4.46. The number of amides is 1. The van der Waals surface area contributed by atoms with Crippen LogP contribution < -0.4 is 5.56 Å². The lowest BCUT2D eigenvalue weighted by Crippen LogP contribution is -2.49. The summed E-state index contributed by atoms with van der Waals surface area (Å²) in [6, 6.07) is 6.15. The van der Waals surface area contributed by atoms with Crippen molar-refractivity contribution in [1.82, 2.24) is 24.7 Å². The van der Waals surface area contributed by atoms with Crippen LogP contribution in [-0.4, -0.2) is 76.4 Å². The highest BCUT2D eigenvalue weighted by atomic mass is 32.1. The van der Waals surface area contributed by atoms with Gasteiger partial charge < -0.3 is 9.88 Å². The third-order valence-electron chi connectivity index (χ3n) is 6.30. The molecule has 2 aromatic heterocycles. The van der Waals surface area contributed by atoms with Crippen molar-refractivity contribution >= 4 is 27.5 Å². The van der Waals surface area contributed by atoms with Gasteiger partial charge in [-0.15, -0.1) is 11.3 Å². The van der Waals surface area contributed by atoms with Crippen LogP contribution >= 0.6 is 11.3 Å². The van der Waals surface area contributed by atoms with Crippen LogP contribution in [0.15, 0.2) is 34.4 Å². The number of H-pyrrole nitrogens is 1. The molecule has 2 aliphatic rings. The van der Waals surface area contributed by atoms with Crippen LogP contribution in [-0.2, 0) is 11.3 Å². The lowest BCUT2D eigenvalue weighted by Gasteiger charge is -2.34. The van der Waals surface area contributed by atoms with E-state index in [1.54, 1.807) is 12.1 Å². The van der Waals surface area contributed by atoms with E-state index in [-0.39, 0.29) is 17.3 Å². The van der Waals surface area contributed by atoms with E-state index in [0.717, 1.165) is 63.2 Å². The second-order valence-electron chi connectivity index (χ2n) is 8.49. The maximum Gasteiger partial charge on any atom is 0.260 e. The van der Waals surface area contributed by atoms with E-state index < -0.39 is 0 Å². The molecular formula is C23H26FN5O2S. The molecule has 5 rings (SSSR count). The number of hydrogen-bond donors (Lipinski definition) is 1. The monoisotopic (exact) mass is 455 g/mol. The standard InChI is InChI=1S/C23H26FN5O2S/c24-17-5-3-16(4-6-17)18-15-32-23-21(18)22(31)25-19(26-23)13-27-9-11-28(12-10-27)14-20(30)29-7-1-2-8-29/h3-6,15H,1-2,7-14H2,(H,25,26,31). The predicted octanol–water partition coefficient (Wildman–Crippen LogP) is 2.53. The van der Waals surface area contributed by atoms with Gasteiger partial charge in [-0.1, -0.05) is 12.1 Å². The average molecular weight is 456 g/mol. The minimum Gasteiger partial charge on any atom is -0.342 e. The van der Waals surface area contributed by atoms with Crippen LogP contribution in [0.25, 0.3) is 21.3 Å². The zero-order chi connectivity index (χ0) is 22.1. The third-order valence-corrected chi connectivity index (χ3v) is 7.18. The number of nitrogens with one attached hydrogen (secondary N) is 1. The minimum absolute atomic E-state index is 0.166. The van der Waals surface area contributed by atoms with Crippen molar-refractivity contribution in [3.8, 4) is 11.1 Å². The van der Waals surface area contributed by atoms with E-state index in [4.69, 9.17) is 0 Å². The molecule has 0 atom stereocenters. The van der Waals surface area contributed by atoms with E-state index >= 15 is 0 Å². The summed E-state index contributed by atoms with van der Waals surface area (Å²) in [5.41, 5.74) is 1.42. The molecule has 32 heavy (non-hydrogen) atoms. The number of aromatic nitrogens is 2. The molecule has 7 nitrogen and oxygen atoms in total. The fourth-order valence-electron chi connectivity index (χ4n) is 4.49. The number of fused-ring (bicyclic) bond motifs is 1. The Kier molecular flexibility index (Phi) is 6.03. The van der Waals surface area contributed by atoms with Gasteiger partial charge in [0, 0.05) is 50.2 Å². The lowest BCUT2D eigenvalue weighted by molar-refractivity contribution is -0.131. The van der Waals surface area contributed by atoms with Crippen molar-refractivity contribution < 1.29 is 9.18 Å². The lowest BCUT2D eigenvalue weighted by atomic mass is 10.1. The molecule has 3 aromatic rings. The first-order valence-corrected chi connectivity index (χ1v) is 11.9. The van der Waals surface area contributed by atoms with Gasteiger partial charge in [-0.3, -0.25) is 19.4 Å². The Labute approximate surface area is 189 Å². The smallest absolute Gasteiger partial charge is 0.260 e. The first kappa shape index (κ1) is 21.2. The number of aromatic amines is 1. The number of rotatable bonds is 5. The van der Waals surface area contributed by atoms with Gasteiger partial charge in [-0.05, 0) is 30.5 Å². The van der Waals surface area contributed by atoms with Gasteiger partial charge in [0.2, 0.25) is 5.91 Å². The number of halogens is 1. The van der Waals surface area contributed by atoms with Gasteiger partial charge in [0.1, 0.15) is 16.5 Å². The SMILES string of the molecule is O=C(CN1CCN(Cc2nc3scc(-c4ccc(F)cc4)c3c(=O)[nH]2)CC1)N1CCCC1. The number of piperazine rings is 1. The highest BCUT2D eigenvalue weighted by Gasteiger charge is 2.24. The average Bonchev–Trinajstić information content (AvgIpc) is 3.46. The Morgan fingerprint density at radius 3 is 2.44 bits per heavy atom. The maximum absolute atomic E-state index is 13.2. The van der Waals surface area contributed by atoms with Crippen molar-refractivity contribution in [2.45, 2.75) is 19.4 Å². The zero-order valence-electron chi connectivity index (χ0n) is 17.8. The van der Waals surface area contributed by atoms with Crippen molar-refractivity contribution in [2.75, 3.05) is 45.8 Å². The summed E-state index contributed by atoms with van der Waals surface area (Å²) in [5.74, 6) is 0.585.